The third-order valence-corrected chi connectivity index (χ3v) is 4.34. The monoisotopic (exact) mass is 356 g/mol. The Morgan fingerprint density at radius 3 is 2.52 bits per heavy atom. The lowest BCUT2D eigenvalue weighted by Crippen LogP contribution is -1.97. The van der Waals surface area contributed by atoms with Crippen molar-refractivity contribution in [2.24, 2.45) is 0 Å². The first-order chi connectivity index (χ1) is 13.1. The van der Waals surface area contributed by atoms with Gasteiger partial charge in [0, 0.05) is 16.8 Å². The van der Waals surface area contributed by atoms with Crippen LogP contribution in [0.25, 0.3) is 10.9 Å². The van der Waals surface area contributed by atoms with E-state index in [-0.39, 0.29) is 0 Å². The normalized spacial score (nSPS) is 10.8. The lowest BCUT2D eigenvalue weighted by Gasteiger charge is -2.12. The minimum Gasteiger partial charge on any atom is -0.455 e. The summed E-state index contributed by atoms with van der Waals surface area (Å²) in [4.78, 5) is 13.0. The maximum Gasteiger partial charge on any atom is 0.145 e. The molecule has 27 heavy (non-hydrogen) atoms. The molecule has 0 amide bonds. The van der Waals surface area contributed by atoms with Crippen molar-refractivity contribution >= 4 is 22.4 Å². The number of anilines is 2. The van der Waals surface area contributed by atoms with Crippen molar-refractivity contribution in [1.29, 1.82) is 0 Å². The number of ether oxygens (including phenoxy) is 1. The smallest absolute Gasteiger partial charge is 0.145 e. The van der Waals surface area contributed by atoms with E-state index in [2.05, 4.69) is 39.3 Å². The molecule has 5 nitrogen and oxygen atoms in total. The van der Waals surface area contributed by atoms with Gasteiger partial charge in [-0.15, -0.1) is 0 Å². The second-order valence-electron chi connectivity index (χ2n) is 6.59. The molecule has 134 valence electrons. The first kappa shape index (κ1) is 17.0. The number of aromatic nitrogens is 3. The molecule has 4 aromatic rings. The number of hydrogen-bond acceptors (Lipinski definition) is 5. The van der Waals surface area contributed by atoms with E-state index in [1.165, 1.54) is 5.56 Å². The zero-order valence-corrected chi connectivity index (χ0v) is 15.5. The van der Waals surface area contributed by atoms with Crippen LogP contribution in [0.1, 0.15) is 16.8 Å². The summed E-state index contributed by atoms with van der Waals surface area (Å²) in [7, 11) is 0. The Labute approximate surface area is 158 Å². The molecule has 0 saturated carbocycles. The summed E-state index contributed by atoms with van der Waals surface area (Å²) in [5.74, 6) is 2.32. The Morgan fingerprint density at radius 1 is 0.852 bits per heavy atom. The summed E-state index contributed by atoms with van der Waals surface area (Å²) in [5, 5.41) is 4.40. The van der Waals surface area contributed by atoms with Crippen LogP contribution in [0.5, 0.6) is 11.5 Å². The van der Waals surface area contributed by atoms with Crippen LogP contribution < -0.4 is 10.1 Å². The van der Waals surface area contributed by atoms with Gasteiger partial charge in [0.05, 0.1) is 11.7 Å². The lowest BCUT2D eigenvalue weighted by molar-refractivity contribution is 0.476. The highest BCUT2D eigenvalue weighted by Gasteiger charge is 2.07. The highest BCUT2D eigenvalue weighted by Crippen LogP contribution is 2.29. The fraction of sp³-hybridized carbons (Fsp3) is 0.136. The van der Waals surface area contributed by atoms with Crippen LogP contribution in [0, 0.1) is 20.8 Å². The Hall–Kier alpha value is -3.47. The number of nitrogens with zero attached hydrogens (tertiary/aromatic N) is 3. The first-order valence-electron chi connectivity index (χ1n) is 8.78. The van der Waals surface area contributed by atoms with Crippen molar-refractivity contribution < 1.29 is 4.74 Å². The molecular weight excluding hydrogens is 336 g/mol. The fourth-order valence-electron chi connectivity index (χ4n) is 2.89. The maximum absolute atomic E-state index is 5.94. The molecule has 2 heterocycles. The molecule has 0 atom stereocenters. The second-order valence-corrected chi connectivity index (χ2v) is 6.59. The third kappa shape index (κ3) is 3.72. The van der Waals surface area contributed by atoms with Crippen LogP contribution in [0.3, 0.4) is 0 Å². The number of pyridine rings is 1. The van der Waals surface area contributed by atoms with Crippen molar-refractivity contribution in [2.75, 3.05) is 5.32 Å². The molecule has 0 aliphatic carbocycles. The van der Waals surface area contributed by atoms with Gasteiger partial charge in [0.15, 0.2) is 0 Å². The standard InChI is InChI=1S/C22H20N4O/c1-14-4-8-20-19(10-14)22(25-13-24-20)26-17-6-9-21(15(2)11-17)27-18-7-5-16(3)23-12-18/h4-13H,1-3H3,(H,24,25,26). The summed E-state index contributed by atoms with van der Waals surface area (Å²) >= 11 is 0. The van der Waals surface area contributed by atoms with Crippen LogP contribution in [-0.4, -0.2) is 15.0 Å². The molecule has 0 saturated heterocycles. The molecule has 0 aliphatic rings. The molecular formula is C22H20N4O. The molecule has 0 radical (unpaired) electrons. The van der Waals surface area contributed by atoms with E-state index in [1.807, 2.05) is 50.2 Å². The molecule has 0 unspecified atom stereocenters. The average molecular weight is 356 g/mol. The van der Waals surface area contributed by atoms with Gasteiger partial charge in [-0.3, -0.25) is 4.98 Å². The van der Waals surface area contributed by atoms with Crippen LogP contribution >= 0.6 is 0 Å². The van der Waals surface area contributed by atoms with Gasteiger partial charge in [-0.05, 0) is 68.8 Å². The van der Waals surface area contributed by atoms with Crippen LogP contribution in [0.15, 0.2) is 61.1 Å². The topological polar surface area (TPSA) is 59.9 Å². The molecule has 1 N–H and O–H groups in total. The summed E-state index contributed by atoms with van der Waals surface area (Å²) in [6.45, 7) is 6.03. The number of hydrogen-bond donors (Lipinski definition) is 1. The number of nitrogens with one attached hydrogen (secondary N) is 1. The van der Waals surface area contributed by atoms with E-state index in [9.17, 15) is 0 Å². The average Bonchev–Trinajstić information content (AvgIpc) is 2.66. The summed E-state index contributed by atoms with van der Waals surface area (Å²) in [5.41, 5.74) is 5.03. The Kier molecular flexibility index (Phi) is 4.42. The molecule has 0 spiro atoms. The first-order valence-corrected chi connectivity index (χ1v) is 8.78. The number of fused-ring (bicyclic) bond motifs is 1. The zero-order valence-electron chi connectivity index (χ0n) is 15.5. The highest BCUT2D eigenvalue weighted by atomic mass is 16.5. The van der Waals surface area contributed by atoms with Gasteiger partial charge in [-0.2, -0.15) is 0 Å². The molecule has 5 heteroatoms. The predicted octanol–water partition coefficient (Wildman–Crippen LogP) is 5.49. The quantitative estimate of drug-likeness (QED) is 0.524. The molecule has 0 fully saturated rings. The van der Waals surface area contributed by atoms with Gasteiger partial charge in [-0.25, -0.2) is 9.97 Å². The Bertz CT molecular complexity index is 1110. The largest absolute Gasteiger partial charge is 0.455 e. The Morgan fingerprint density at radius 2 is 1.74 bits per heavy atom. The van der Waals surface area contributed by atoms with E-state index in [0.29, 0.717) is 0 Å². The third-order valence-electron chi connectivity index (χ3n) is 4.34. The minimum absolute atomic E-state index is 0.724. The van der Waals surface area contributed by atoms with Gasteiger partial charge in [0.1, 0.15) is 23.6 Å². The van der Waals surface area contributed by atoms with Crippen molar-refractivity contribution in [3.8, 4) is 11.5 Å². The lowest BCUT2D eigenvalue weighted by atomic mass is 10.1. The SMILES string of the molecule is Cc1ccc2ncnc(Nc3ccc(Oc4ccc(C)nc4)c(C)c3)c2c1. The van der Waals surface area contributed by atoms with Crippen LogP contribution in [0.2, 0.25) is 0 Å². The van der Waals surface area contributed by atoms with Crippen molar-refractivity contribution in [1.82, 2.24) is 15.0 Å². The molecule has 2 aromatic heterocycles. The van der Waals surface area contributed by atoms with Crippen LogP contribution in [0.4, 0.5) is 11.5 Å². The fourth-order valence-corrected chi connectivity index (χ4v) is 2.89. The number of rotatable bonds is 4. The highest BCUT2D eigenvalue weighted by molar-refractivity contribution is 5.91. The zero-order chi connectivity index (χ0) is 18.8. The molecule has 4 rings (SSSR count). The maximum atomic E-state index is 5.94. The summed E-state index contributed by atoms with van der Waals surface area (Å²) in [6.07, 6.45) is 3.31. The van der Waals surface area contributed by atoms with Gasteiger partial charge < -0.3 is 10.1 Å². The molecule has 2 aromatic carbocycles. The van der Waals surface area contributed by atoms with Gasteiger partial charge in [0.2, 0.25) is 0 Å². The van der Waals surface area contributed by atoms with Crippen LogP contribution in [-0.2, 0) is 0 Å². The Balaban J connectivity index is 1.60. The van der Waals surface area contributed by atoms with E-state index in [1.54, 1.807) is 12.5 Å². The van der Waals surface area contributed by atoms with Crippen molar-refractivity contribution in [3.05, 3.63) is 77.9 Å². The molecule has 0 aliphatic heterocycles. The number of benzene rings is 2. The van der Waals surface area contributed by atoms with Crippen molar-refractivity contribution in [2.45, 2.75) is 20.8 Å². The van der Waals surface area contributed by atoms with E-state index >= 15 is 0 Å². The van der Waals surface area contributed by atoms with E-state index in [4.69, 9.17) is 4.74 Å². The van der Waals surface area contributed by atoms with E-state index in [0.717, 1.165) is 45.2 Å². The van der Waals surface area contributed by atoms with E-state index < -0.39 is 0 Å². The van der Waals surface area contributed by atoms with Gasteiger partial charge in [-0.1, -0.05) is 11.6 Å². The summed E-state index contributed by atoms with van der Waals surface area (Å²) in [6, 6.07) is 16.0. The predicted molar refractivity (Wildman–Crippen MR) is 108 cm³/mol. The van der Waals surface area contributed by atoms with Crippen molar-refractivity contribution in [3.63, 3.8) is 0 Å². The van der Waals surface area contributed by atoms with Gasteiger partial charge >= 0.3 is 0 Å². The second kappa shape index (κ2) is 7.03. The summed E-state index contributed by atoms with van der Waals surface area (Å²) < 4.78 is 5.94. The molecule has 0 bridgehead atoms. The number of aryl methyl sites for hydroxylation is 3. The minimum atomic E-state index is 0.724. The van der Waals surface area contributed by atoms with Gasteiger partial charge in [0.25, 0.3) is 0 Å².